The van der Waals surface area contributed by atoms with Crippen LogP contribution >= 0.6 is 0 Å². The minimum atomic E-state index is -0.655. The Bertz CT molecular complexity index is 183. The quantitative estimate of drug-likeness (QED) is 0.664. The summed E-state index contributed by atoms with van der Waals surface area (Å²) >= 11 is 0. The summed E-state index contributed by atoms with van der Waals surface area (Å²) in [5, 5.41) is 0. The van der Waals surface area contributed by atoms with Crippen molar-refractivity contribution in [3.8, 4) is 0 Å². The zero-order chi connectivity index (χ0) is 11.1. The zero-order valence-electron chi connectivity index (χ0n) is 10.7. The predicted octanol–water partition coefficient (Wildman–Crippen LogP) is 3.15. The molecule has 15 heavy (non-hydrogen) atoms. The van der Waals surface area contributed by atoms with E-state index >= 15 is 0 Å². The van der Waals surface area contributed by atoms with Crippen LogP contribution in [0.4, 0.5) is 0 Å². The number of likely N-dealkylation sites (tertiary alicyclic amines) is 1. The third-order valence-electron chi connectivity index (χ3n) is 3.75. The molecule has 1 aliphatic rings. The van der Waals surface area contributed by atoms with Crippen LogP contribution in [0.15, 0.2) is 11.8 Å². The number of rotatable bonds is 4. The van der Waals surface area contributed by atoms with Crippen molar-refractivity contribution in [3.05, 3.63) is 11.8 Å². The van der Waals surface area contributed by atoms with E-state index in [1.54, 1.807) is 0 Å². The second kappa shape index (κ2) is 7.23. The van der Waals surface area contributed by atoms with E-state index in [-0.39, 0.29) is 0 Å². The molecule has 1 rings (SSSR count). The van der Waals surface area contributed by atoms with Gasteiger partial charge in [0.25, 0.3) is 0 Å². The van der Waals surface area contributed by atoms with Crippen molar-refractivity contribution in [1.29, 1.82) is 0 Å². The Morgan fingerprint density at radius 1 is 1.20 bits per heavy atom. The Morgan fingerprint density at radius 3 is 2.27 bits per heavy atom. The lowest BCUT2D eigenvalue weighted by Gasteiger charge is -2.31. The summed E-state index contributed by atoms with van der Waals surface area (Å²) < 4.78 is 0. The van der Waals surface area contributed by atoms with Crippen molar-refractivity contribution in [1.82, 2.24) is 4.90 Å². The van der Waals surface area contributed by atoms with E-state index in [1.165, 1.54) is 44.8 Å². The van der Waals surface area contributed by atoms with Gasteiger partial charge in [-0.3, -0.25) is 0 Å². The van der Waals surface area contributed by atoms with Crippen molar-refractivity contribution < 1.29 is 0 Å². The molecule has 1 aliphatic heterocycles. The summed E-state index contributed by atoms with van der Waals surface area (Å²) in [5.74, 6) is 0. The van der Waals surface area contributed by atoms with Crippen LogP contribution in [-0.4, -0.2) is 32.5 Å². The number of hydrogen-bond acceptors (Lipinski definition) is 1. The van der Waals surface area contributed by atoms with Gasteiger partial charge in [0, 0.05) is 5.67 Å². The van der Waals surface area contributed by atoms with Crippen LogP contribution in [0.3, 0.4) is 0 Å². The van der Waals surface area contributed by atoms with Gasteiger partial charge in [0.05, 0.1) is 8.80 Å². The Labute approximate surface area is 97.2 Å². The lowest BCUT2D eigenvalue weighted by Crippen LogP contribution is -2.43. The molecule has 0 amide bonds. The van der Waals surface area contributed by atoms with Crippen LogP contribution < -0.4 is 0 Å². The molecule has 1 heterocycles. The van der Waals surface area contributed by atoms with Gasteiger partial charge >= 0.3 is 0 Å². The highest BCUT2D eigenvalue weighted by atomic mass is 28.3. The molecule has 0 aromatic carbocycles. The normalized spacial score (nSPS) is 23.9. The molecule has 2 heteroatoms. The summed E-state index contributed by atoms with van der Waals surface area (Å²) in [6.07, 6.45) is 8.01. The molecule has 0 saturated carbocycles. The predicted molar refractivity (Wildman–Crippen MR) is 71.9 cm³/mol. The highest BCUT2D eigenvalue weighted by molar-refractivity contribution is 6.65. The van der Waals surface area contributed by atoms with Crippen molar-refractivity contribution in [2.24, 2.45) is 0 Å². The van der Waals surface area contributed by atoms with E-state index in [4.69, 9.17) is 0 Å². The molecule has 2 atom stereocenters. The minimum absolute atomic E-state index is 0.655. The fourth-order valence-corrected chi connectivity index (χ4v) is 5.27. The lowest BCUT2D eigenvalue weighted by atomic mass is 10.2. The number of allylic oxidation sites excluding steroid dienone is 1. The van der Waals surface area contributed by atoms with Crippen LogP contribution in [0.25, 0.3) is 0 Å². The second-order valence-corrected chi connectivity index (χ2v) is 8.28. The first kappa shape index (κ1) is 13.0. The van der Waals surface area contributed by atoms with Crippen molar-refractivity contribution >= 4 is 8.80 Å². The van der Waals surface area contributed by atoms with Crippen molar-refractivity contribution in [3.63, 3.8) is 0 Å². The standard InChI is InChI=1S/C13H27NSi/c1-4-12-15(5-2)13(3)14-10-8-6-7-9-11-14/h4,12-13,15H,5-11H2,1-3H3. The highest BCUT2D eigenvalue weighted by Crippen LogP contribution is 2.15. The van der Waals surface area contributed by atoms with E-state index < -0.39 is 8.80 Å². The van der Waals surface area contributed by atoms with E-state index in [2.05, 4.69) is 37.4 Å². The number of hydrogen-bond donors (Lipinski definition) is 0. The molecule has 0 N–H and O–H groups in total. The van der Waals surface area contributed by atoms with Gasteiger partial charge in [0.2, 0.25) is 0 Å². The maximum Gasteiger partial charge on any atom is 0.0793 e. The molecule has 2 unspecified atom stereocenters. The summed E-state index contributed by atoms with van der Waals surface area (Å²) in [4.78, 5) is 2.76. The average Bonchev–Trinajstić information content (AvgIpc) is 2.53. The second-order valence-electron chi connectivity index (χ2n) is 4.79. The maximum absolute atomic E-state index is 2.76. The third kappa shape index (κ3) is 4.11. The molecule has 1 saturated heterocycles. The minimum Gasteiger partial charge on any atom is -0.303 e. The Hall–Kier alpha value is -0.0831. The fraction of sp³-hybridized carbons (Fsp3) is 0.846. The van der Waals surface area contributed by atoms with Crippen molar-refractivity contribution in [2.75, 3.05) is 13.1 Å². The first-order valence-corrected chi connectivity index (χ1v) is 8.81. The molecule has 1 fully saturated rings. The first-order valence-electron chi connectivity index (χ1n) is 6.66. The first-order chi connectivity index (χ1) is 7.29. The monoisotopic (exact) mass is 225 g/mol. The molecule has 88 valence electrons. The van der Waals surface area contributed by atoms with E-state index in [1.807, 2.05) is 0 Å². The molecule has 0 aromatic heterocycles. The van der Waals surface area contributed by atoms with Gasteiger partial charge in [0.15, 0.2) is 0 Å². The molecule has 0 aromatic rings. The molecule has 0 aliphatic carbocycles. The van der Waals surface area contributed by atoms with E-state index in [0.717, 1.165) is 5.67 Å². The molecule has 1 nitrogen and oxygen atoms in total. The maximum atomic E-state index is 2.76. The van der Waals surface area contributed by atoms with E-state index in [0.29, 0.717) is 0 Å². The third-order valence-corrected chi connectivity index (χ3v) is 7.23. The highest BCUT2D eigenvalue weighted by Gasteiger charge is 2.21. The van der Waals surface area contributed by atoms with E-state index in [9.17, 15) is 0 Å². The molecule has 0 bridgehead atoms. The molecular weight excluding hydrogens is 198 g/mol. The largest absolute Gasteiger partial charge is 0.303 e. The fourth-order valence-electron chi connectivity index (χ4n) is 2.66. The van der Waals surface area contributed by atoms with Gasteiger partial charge in [-0.15, -0.1) is 5.70 Å². The number of nitrogens with zero attached hydrogens (tertiary/aromatic N) is 1. The summed E-state index contributed by atoms with van der Waals surface area (Å²) in [6.45, 7) is 9.70. The van der Waals surface area contributed by atoms with Gasteiger partial charge in [-0.05, 0) is 32.9 Å². The van der Waals surface area contributed by atoms with Crippen LogP contribution in [0.1, 0.15) is 46.5 Å². The SMILES string of the molecule is CC=C[SiH](CC)C(C)N1CCCCCC1. The molecular formula is C13H27NSi. The Morgan fingerprint density at radius 2 is 1.80 bits per heavy atom. The van der Waals surface area contributed by atoms with Crippen molar-refractivity contribution in [2.45, 2.75) is 58.2 Å². The molecule has 0 radical (unpaired) electrons. The molecule has 0 spiro atoms. The van der Waals surface area contributed by atoms with Crippen LogP contribution in [0.2, 0.25) is 6.04 Å². The van der Waals surface area contributed by atoms with Gasteiger partial charge < -0.3 is 4.90 Å². The van der Waals surface area contributed by atoms with Gasteiger partial charge in [-0.1, -0.05) is 38.8 Å². The Balaban J connectivity index is 2.51. The topological polar surface area (TPSA) is 3.24 Å². The van der Waals surface area contributed by atoms with Crippen LogP contribution in [-0.2, 0) is 0 Å². The van der Waals surface area contributed by atoms with Gasteiger partial charge in [-0.25, -0.2) is 0 Å². The van der Waals surface area contributed by atoms with Crippen LogP contribution in [0.5, 0.6) is 0 Å². The average molecular weight is 225 g/mol. The lowest BCUT2D eigenvalue weighted by molar-refractivity contribution is 0.268. The summed E-state index contributed by atoms with van der Waals surface area (Å²) in [7, 11) is -0.655. The van der Waals surface area contributed by atoms with Crippen LogP contribution in [0, 0.1) is 0 Å². The zero-order valence-corrected chi connectivity index (χ0v) is 11.9. The smallest absolute Gasteiger partial charge is 0.0793 e. The Kier molecular flexibility index (Phi) is 6.26. The van der Waals surface area contributed by atoms with Gasteiger partial charge in [-0.2, -0.15) is 0 Å². The summed E-state index contributed by atoms with van der Waals surface area (Å²) in [5.41, 5.74) is 3.39. The summed E-state index contributed by atoms with van der Waals surface area (Å²) in [6, 6.07) is 1.40. The van der Waals surface area contributed by atoms with Gasteiger partial charge in [0.1, 0.15) is 0 Å².